The molecule has 0 aliphatic rings. The van der Waals surface area contributed by atoms with Crippen molar-refractivity contribution in [3.63, 3.8) is 0 Å². The number of hydrogen-bond donors (Lipinski definition) is 1. The molecule has 0 fully saturated rings. The van der Waals surface area contributed by atoms with Gasteiger partial charge in [-0.3, -0.25) is 4.98 Å². The Morgan fingerprint density at radius 3 is 2.56 bits per heavy atom. The molecule has 90 valence electrons. The Bertz CT molecular complexity index is 316. The smallest absolute Gasteiger partial charge is 0.0606 e. The molecule has 0 unspecified atom stereocenters. The molecule has 0 aliphatic carbocycles. The summed E-state index contributed by atoms with van der Waals surface area (Å²) in [6, 6.07) is 2.50. The van der Waals surface area contributed by atoms with Crippen LogP contribution in [0.15, 0.2) is 22.9 Å². The summed E-state index contributed by atoms with van der Waals surface area (Å²) in [5.74, 6) is 0. The molecule has 4 heteroatoms. The fraction of sp³-hybridized carbons (Fsp3) is 0.583. The first-order valence-electron chi connectivity index (χ1n) is 5.71. The van der Waals surface area contributed by atoms with Crippen molar-refractivity contribution in [2.24, 2.45) is 0 Å². The summed E-state index contributed by atoms with van der Waals surface area (Å²) in [4.78, 5) is 6.39. The average molecular weight is 287 g/mol. The molecule has 0 aromatic carbocycles. The number of rotatable bonds is 6. The molecule has 1 heterocycles. The quantitative estimate of drug-likeness (QED) is 0.874. The lowest BCUT2D eigenvalue weighted by molar-refractivity contribution is 0.296. The van der Waals surface area contributed by atoms with Gasteiger partial charge in [-0.2, -0.15) is 0 Å². The lowest BCUT2D eigenvalue weighted by Crippen LogP contribution is -2.36. The van der Waals surface area contributed by atoms with E-state index in [2.05, 4.69) is 39.7 Å². The Labute approximate surface area is 106 Å². The van der Waals surface area contributed by atoms with Gasteiger partial charge in [0.25, 0.3) is 0 Å². The Balaban J connectivity index is 2.91. The number of nitrogens with zero attached hydrogens (tertiary/aromatic N) is 2. The zero-order chi connectivity index (χ0) is 12.0. The first kappa shape index (κ1) is 13.5. The molecule has 0 aliphatic heterocycles. The first-order valence-corrected chi connectivity index (χ1v) is 6.50. The summed E-state index contributed by atoms with van der Waals surface area (Å²) in [5, 5.41) is 9.13. The van der Waals surface area contributed by atoms with E-state index in [0.29, 0.717) is 12.6 Å². The van der Waals surface area contributed by atoms with Gasteiger partial charge in [-0.05, 0) is 34.8 Å². The maximum atomic E-state index is 9.13. The molecule has 1 aromatic rings. The molecule has 0 saturated carbocycles. The van der Waals surface area contributed by atoms with Crippen molar-refractivity contribution in [2.45, 2.75) is 32.7 Å². The van der Waals surface area contributed by atoms with Crippen molar-refractivity contribution in [1.82, 2.24) is 4.98 Å². The number of halogens is 1. The Morgan fingerprint density at radius 2 is 2.06 bits per heavy atom. The van der Waals surface area contributed by atoms with Crippen molar-refractivity contribution >= 4 is 21.6 Å². The van der Waals surface area contributed by atoms with E-state index < -0.39 is 0 Å². The van der Waals surface area contributed by atoms with Crippen LogP contribution >= 0.6 is 15.9 Å². The SMILES string of the molecule is CCC(CC)N(CCO)c1cncc(Br)c1. The third-order valence-corrected chi connectivity index (χ3v) is 3.18. The van der Waals surface area contributed by atoms with Crippen molar-refractivity contribution in [1.29, 1.82) is 0 Å². The van der Waals surface area contributed by atoms with Crippen LogP contribution in [0.1, 0.15) is 26.7 Å². The van der Waals surface area contributed by atoms with E-state index in [9.17, 15) is 0 Å². The van der Waals surface area contributed by atoms with Crippen LogP contribution in [-0.2, 0) is 0 Å². The second-order valence-corrected chi connectivity index (χ2v) is 4.66. The molecular weight excluding hydrogens is 268 g/mol. The summed E-state index contributed by atoms with van der Waals surface area (Å²) in [6.07, 6.45) is 5.76. The molecule has 0 amide bonds. The van der Waals surface area contributed by atoms with Crippen LogP contribution in [0.4, 0.5) is 5.69 Å². The van der Waals surface area contributed by atoms with Gasteiger partial charge in [0.1, 0.15) is 0 Å². The van der Waals surface area contributed by atoms with Crippen molar-refractivity contribution in [3.8, 4) is 0 Å². The number of aromatic nitrogens is 1. The Morgan fingerprint density at radius 1 is 1.38 bits per heavy atom. The zero-order valence-corrected chi connectivity index (χ0v) is 11.4. The lowest BCUT2D eigenvalue weighted by Gasteiger charge is -2.31. The summed E-state index contributed by atoms with van der Waals surface area (Å²) >= 11 is 3.42. The molecule has 1 rings (SSSR count). The fourth-order valence-corrected chi connectivity index (χ4v) is 2.27. The first-order chi connectivity index (χ1) is 7.72. The minimum atomic E-state index is 0.170. The van der Waals surface area contributed by atoms with E-state index >= 15 is 0 Å². The van der Waals surface area contributed by atoms with Crippen LogP contribution in [0.2, 0.25) is 0 Å². The third kappa shape index (κ3) is 3.46. The molecule has 0 spiro atoms. The topological polar surface area (TPSA) is 36.4 Å². The number of aliphatic hydroxyl groups excluding tert-OH is 1. The van der Waals surface area contributed by atoms with Crippen molar-refractivity contribution in [2.75, 3.05) is 18.1 Å². The van der Waals surface area contributed by atoms with E-state index in [1.807, 2.05) is 12.3 Å². The van der Waals surface area contributed by atoms with E-state index in [1.54, 1.807) is 6.20 Å². The molecule has 0 saturated heterocycles. The fourth-order valence-electron chi connectivity index (χ4n) is 1.92. The number of hydrogen-bond acceptors (Lipinski definition) is 3. The van der Waals surface area contributed by atoms with Crippen molar-refractivity contribution < 1.29 is 5.11 Å². The van der Waals surface area contributed by atoms with Gasteiger partial charge in [-0.15, -0.1) is 0 Å². The zero-order valence-electron chi connectivity index (χ0n) is 9.86. The molecular formula is C12H19BrN2O. The molecule has 0 radical (unpaired) electrons. The second kappa shape index (κ2) is 6.86. The largest absolute Gasteiger partial charge is 0.395 e. The van der Waals surface area contributed by atoms with Crippen LogP contribution in [0.25, 0.3) is 0 Å². The van der Waals surface area contributed by atoms with Crippen LogP contribution in [0.3, 0.4) is 0 Å². The molecule has 1 N–H and O–H groups in total. The van der Waals surface area contributed by atoms with E-state index in [0.717, 1.165) is 23.0 Å². The highest BCUT2D eigenvalue weighted by Gasteiger charge is 2.15. The summed E-state index contributed by atoms with van der Waals surface area (Å²) < 4.78 is 0.971. The maximum absolute atomic E-state index is 9.13. The van der Waals surface area contributed by atoms with Gasteiger partial charge in [0, 0.05) is 23.3 Å². The van der Waals surface area contributed by atoms with Crippen LogP contribution in [0.5, 0.6) is 0 Å². The highest BCUT2D eigenvalue weighted by Crippen LogP contribution is 2.22. The van der Waals surface area contributed by atoms with Crippen molar-refractivity contribution in [3.05, 3.63) is 22.9 Å². The number of anilines is 1. The van der Waals surface area contributed by atoms with Crippen LogP contribution in [-0.4, -0.2) is 29.3 Å². The minimum absolute atomic E-state index is 0.170. The lowest BCUT2D eigenvalue weighted by atomic mass is 10.1. The predicted octanol–water partition coefficient (Wildman–Crippen LogP) is 2.83. The van der Waals surface area contributed by atoms with E-state index in [-0.39, 0.29) is 6.61 Å². The van der Waals surface area contributed by atoms with Crippen LogP contribution in [0, 0.1) is 0 Å². The Kier molecular flexibility index (Phi) is 5.77. The minimum Gasteiger partial charge on any atom is -0.395 e. The van der Waals surface area contributed by atoms with Gasteiger partial charge >= 0.3 is 0 Å². The van der Waals surface area contributed by atoms with Gasteiger partial charge in [0.2, 0.25) is 0 Å². The normalized spacial score (nSPS) is 10.8. The van der Waals surface area contributed by atoms with Gasteiger partial charge < -0.3 is 10.0 Å². The highest BCUT2D eigenvalue weighted by atomic mass is 79.9. The standard InChI is InChI=1S/C12H19BrN2O/c1-3-11(4-2)15(5-6-16)12-7-10(13)8-14-9-12/h7-9,11,16H,3-6H2,1-2H3. The van der Waals surface area contributed by atoms with E-state index in [4.69, 9.17) is 5.11 Å². The van der Waals surface area contributed by atoms with Gasteiger partial charge in [0.15, 0.2) is 0 Å². The molecule has 16 heavy (non-hydrogen) atoms. The van der Waals surface area contributed by atoms with Gasteiger partial charge in [-0.25, -0.2) is 0 Å². The second-order valence-electron chi connectivity index (χ2n) is 3.75. The summed E-state index contributed by atoms with van der Waals surface area (Å²) in [6.45, 7) is 5.17. The molecule has 3 nitrogen and oxygen atoms in total. The van der Waals surface area contributed by atoms with Gasteiger partial charge in [-0.1, -0.05) is 13.8 Å². The average Bonchev–Trinajstić information content (AvgIpc) is 2.29. The molecule has 0 atom stereocenters. The van der Waals surface area contributed by atoms with Crippen LogP contribution < -0.4 is 4.90 Å². The third-order valence-electron chi connectivity index (χ3n) is 2.75. The maximum Gasteiger partial charge on any atom is 0.0606 e. The van der Waals surface area contributed by atoms with Gasteiger partial charge in [0.05, 0.1) is 18.5 Å². The summed E-state index contributed by atoms with van der Waals surface area (Å²) in [5.41, 5.74) is 1.07. The molecule has 1 aromatic heterocycles. The highest BCUT2D eigenvalue weighted by molar-refractivity contribution is 9.10. The monoisotopic (exact) mass is 286 g/mol. The molecule has 0 bridgehead atoms. The summed E-state index contributed by atoms with van der Waals surface area (Å²) in [7, 11) is 0. The number of aliphatic hydroxyl groups is 1. The predicted molar refractivity (Wildman–Crippen MR) is 70.7 cm³/mol. The van der Waals surface area contributed by atoms with E-state index in [1.165, 1.54) is 0 Å². The number of pyridine rings is 1. The Hall–Kier alpha value is -0.610.